The van der Waals surface area contributed by atoms with E-state index in [1.807, 2.05) is 46.3 Å². The summed E-state index contributed by atoms with van der Waals surface area (Å²) < 4.78 is 3.77. The highest BCUT2D eigenvalue weighted by atomic mass is 32.1. The summed E-state index contributed by atoms with van der Waals surface area (Å²) >= 11 is 3.55. The van der Waals surface area contributed by atoms with E-state index in [2.05, 4.69) is 118 Å². The normalized spacial score (nSPS) is 14.2. The smallest absolute Gasteiger partial charge is 0.185 e. The van der Waals surface area contributed by atoms with Crippen molar-refractivity contribution in [1.82, 2.24) is 29.5 Å². The van der Waals surface area contributed by atoms with Gasteiger partial charge in [0.25, 0.3) is 0 Å². The quantitative estimate of drug-likeness (QED) is 0.144. The first kappa shape index (κ1) is 35.1. The van der Waals surface area contributed by atoms with Crippen LogP contribution >= 0.6 is 22.7 Å². The molecule has 2 aliphatic rings. The largest absolute Gasteiger partial charge is 0.343 e. The highest BCUT2D eigenvalue weighted by Gasteiger charge is 2.27. The van der Waals surface area contributed by atoms with Crippen LogP contribution < -0.4 is 9.80 Å². The van der Waals surface area contributed by atoms with Crippen LogP contribution in [0.1, 0.15) is 61.5 Å². The summed E-state index contributed by atoms with van der Waals surface area (Å²) in [4.78, 5) is 17.1. The van der Waals surface area contributed by atoms with Gasteiger partial charge in [-0.3, -0.25) is 0 Å². The van der Waals surface area contributed by atoms with Crippen molar-refractivity contribution in [2.24, 2.45) is 0 Å². The predicted octanol–water partition coefficient (Wildman–Crippen LogP) is 9.38. The van der Waals surface area contributed by atoms with Gasteiger partial charge in [0.1, 0.15) is 0 Å². The Balaban J connectivity index is 0.876. The van der Waals surface area contributed by atoms with Crippen LogP contribution in [0.25, 0.3) is 22.5 Å². The lowest BCUT2D eigenvalue weighted by molar-refractivity contribution is 0.724. The van der Waals surface area contributed by atoms with E-state index >= 15 is 0 Å². The van der Waals surface area contributed by atoms with E-state index in [9.17, 15) is 5.26 Å². The molecular weight excluding hydrogens is 743 g/mol. The second-order valence-corrected chi connectivity index (χ2v) is 16.9. The Morgan fingerprint density at radius 2 is 1.46 bits per heavy atom. The Morgan fingerprint density at radius 1 is 0.702 bits per heavy atom. The van der Waals surface area contributed by atoms with Crippen molar-refractivity contribution >= 4 is 32.9 Å². The number of benzene rings is 4. The predicted molar refractivity (Wildman–Crippen MR) is 228 cm³/mol. The Bertz CT molecular complexity index is 2720. The molecule has 9 nitrogen and oxygen atoms in total. The monoisotopic (exact) mass is 781 g/mol. The molecular formula is C46H39N9S2. The molecule has 6 heterocycles. The number of anilines is 2. The van der Waals surface area contributed by atoms with Gasteiger partial charge in [-0.25, -0.2) is 19.3 Å². The molecule has 57 heavy (non-hydrogen) atoms. The highest BCUT2D eigenvalue weighted by Crippen LogP contribution is 2.40. The van der Waals surface area contributed by atoms with Crippen LogP contribution in [-0.2, 0) is 32.4 Å². The fourth-order valence-corrected chi connectivity index (χ4v) is 10.2. The topological polar surface area (TPSA) is 91.7 Å². The SMILES string of the molecule is CC(c1cccc(-n2cccn2)c1)c1cnc(N2CCc3cccc(-c4cc(C#N)cc5c4CCN(c4ncc(Cc6ccc(-n7cccn7)cc6)s4)C5)c3C2)s1. The van der Waals surface area contributed by atoms with Gasteiger partial charge in [-0.1, -0.05) is 49.4 Å². The first-order valence-electron chi connectivity index (χ1n) is 19.3. The number of fused-ring (bicyclic) bond motifs is 2. The van der Waals surface area contributed by atoms with E-state index in [1.54, 1.807) is 28.9 Å². The maximum atomic E-state index is 10.2. The van der Waals surface area contributed by atoms with E-state index in [0.717, 1.165) is 67.1 Å². The van der Waals surface area contributed by atoms with Gasteiger partial charge in [-0.05, 0) is 106 Å². The fourth-order valence-electron chi connectivity index (χ4n) is 8.22. The molecule has 0 saturated heterocycles. The summed E-state index contributed by atoms with van der Waals surface area (Å²) in [5, 5.41) is 21.1. The van der Waals surface area contributed by atoms with Gasteiger partial charge in [0, 0.05) is 85.5 Å². The van der Waals surface area contributed by atoms with Crippen LogP contribution in [0.3, 0.4) is 0 Å². The molecule has 0 N–H and O–H groups in total. The lowest BCUT2D eigenvalue weighted by Crippen LogP contribution is -2.31. The third-order valence-electron chi connectivity index (χ3n) is 11.3. The fraction of sp³-hybridized carbons (Fsp3) is 0.196. The maximum absolute atomic E-state index is 10.2. The molecule has 0 spiro atoms. The Labute approximate surface area is 339 Å². The first-order valence-corrected chi connectivity index (χ1v) is 21.0. The van der Waals surface area contributed by atoms with Crippen molar-refractivity contribution in [3.05, 3.63) is 177 Å². The van der Waals surface area contributed by atoms with Crippen molar-refractivity contribution < 1.29 is 0 Å². The average Bonchev–Trinajstić information content (AvgIpc) is 4.12. The molecule has 2 aliphatic heterocycles. The van der Waals surface area contributed by atoms with E-state index < -0.39 is 0 Å². The molecule has 0 amide bonds. The number of hydrogen-bond donors (Lipinski definition) is 0. The molecule has 0 saturated carbocycles. The van der Waals surface area contributed by atoms with Crippen LogP contribution in [0.5, 0.6) is 0 Å². The number of aromatic nitrogens is 6. The minimum absolute atomic E-state index is 0.209. The lowest BCUT2D eigenvalue weighted by Gasteiger charge is -2.33. The third-order valence-corrected chi connectivity index (χ3v) is 13.6. The number of hydrogen-bond acceptors (Lipinski definition) is 9. The lowest BCUT2D eigenvalue weighted by atomic mass is 9.84. The van der Waals surface area contributed by atoms with Crippen molar-refractivity contribution in [1.29, 1.82) is 5.26 Å². The average molecular weight is 782 g/mol. The minimum Gasteiger partial charge on any atom is -0.343 e. The van der Waals surface area contributed by atoms with Crippen molar-refractivity contribution in [3.8, 4) is 28.6 Å². The highest BCUT2D eigenvalue weighted by molar-refractivity contribution is 7.16. The molecule has 0 bridgehead atoms. The van der Waals surface area contributed by atoms with Gasteiger partial charge in [-0.15, -0.1) is 22.7 Å². The van der Waals surface area contributed by atoms with Gasteiger partial charge < -0.3 is 9.80 Å². The second-order valence-electron chi connectivity index (χ2n) is 14.8. The standard InChI is InChI=1S/C46H39N9S2/c1-31(35-7-2-8-38(25-35)55-19-5-17-51-55)44-28-49-46(57-44)53-20-14-34-6-3-9-41(43(34)30-53)42-24-33(26-47)22-36-29-52(21-15-40(36)42)45-48-27-39(56-45)23-32-10-12-37(13-11-32)54-18-4-16-50-54/h2-13,16-19,22,24-25,27-28,31H,14-15,20-21,23,29-30H2,1H3. The molecule has 1 atom stereocenters. The molecule has 280 valence electrons. The minimum atomic E-state index is 0.209. The summed E-state index contributed by atoms with van der Waals surface area (Å²) in [5.41, 5.74) is 13.0. The molecule has 1 unspecified atom stereocenters. The molecule has 10 rings (SSSR count). The number of thiazole rings is 2. The Kier molecular flexibility index (Phi) is 9.21. The van der Waals surface area contributed by atoms with E-state index in [4.69, 9.17) is 9.97 Å². The van der Waals surface area contributed by atoms with Gasteiger partial charge in [0.15, 0.2) is 10.3 Å². The summed E-state index contributed by atoms with van der Waals surface area (Å²) in [5.74, 6) is 0.209. The van der Waals surface area contributed by atoms with E-state index in [-0.39, 0.29) is 5.92 Å². The molecule has 8 aromatic rings. The maximum Gasteiger partial charge on any atom is 0.185 e. The van der Waals surface area contributed by atoms with E-state index in [0.29, 0.717) is 5.56 Å². The van der Waals surface area contributed by atoms with Crippen molar-refractivity contribution in [3.63, 3.8) is 0 Å². The van der Waals surface area contributed by atoms with Gasteiger partial charge in [0.2, 0.25) is 0 Å². The zero-order chi connectivity index (χ0) is 38.3. The van der Waals surface area contributed by atoms with E-state index in [1.165, 1.54) is 54.3 Å². The third kappa shape index (κ3) is 6.92. The summed E-state index contributed by atoms with van der Waals surface area (Å²) in [6.07, 6.45) is 14.3. The van der Waals surface area contributed by atoms with Gasteiger partial charge in [-0.2, -0.15) is 15.5 Å². The summed E-state index contributed by atoms with van der Waals surface area (Å²) in [6.45, 7) is 5.57. The zero-order valence-electron chi connectivity index (χ0n) is 31.5. The molecule has 0 aliphatic carbocycles. The Hall–Kier alpha value is -6.35. The van der Waals surface area contributed by atoms with Crippen LogP contribution in [0.15, 0.2) is 128 Å². The molecule has 0 radical (unpaired) electrons. The zero-order valence-corrected chi connectivity index (χ0v) is 33.1. The molecule has 4 aromatic carbocycles. The van der Waals surface area contributed by atoms with Crippen molar-refractivity contribution in [2.45, 2.75) is 45.2 Å². The number of rotatable bonds is 9. The van der Waals surface area contributed by atoms with Crippen LogP contribution in [0.4, 0.5) is 10.3 Å². The first-order chi connectivity index (χ1) is 28.1. The number of nitriles is 1. The van der Waals surface area contributed by atoms with Crippen molar-refractivity contribution in [2.75, 3.05) is 22.9 Å². The summed E-state index contributed by atoms with van der Waals surface area (Å²) in [7, 11) is 0. The Morgan fingerprint density at radius 3 is 2.26 bits per heavy atom. The van der Waals surface area contributed by atoms with Gasteiger partial charge >= 0.3 is 0 Å². The molecule has 4 aromatic heterocycles. The number of nitrogens with zero attached hydrogens (tertiary/aromatic N) is 9. The summed E-state index contributed by atoms with van der Waals surface area (Å²) in [6, 6.07) is 34.4. The van der Waals surface area contributed by atoms with Crippen LogP contribution in [-0.4, -0.2) is 42.6 Å². The molecule has 11 heteroatoms. The van der Waals surface area contributed by atoms with Crippen LogP contribution in [0.2, 0.25) is 0 Å². The second kappa shape index (κ2) is 15.0. The van der Waals surface area contributed by atoms with Crippen LogP contribution in [0, 0.1) is 11.3 Å². The molecule has 0 fully saturated rings. The van der Waals surface area contributed by atoms with Gasteiger partial charge in [0.05, 0.1) is 23.0 Å².